The lowest BCUT2D eigenvalue weighted by Crippen LogP contribution is -1.94. The highest BCUT2D eigenvalue weighted by atomic mass is 32.1. The zero-order valence-corrected chi connectivity index (χ0v) is 14.7. The number of para-hydroxylation sites is 1. The number of nitrogens with one attached hydrogen (secondary N) is 1. The zero-order chi connectivity index (χ0) is 18.5. The first-order valence-electron chi connectivity index (χ1n) is 7.75. The maximum absolute atomic E-state index is 11.0. The topological polar surface area (TPSA) is 89.1 Å². The van der Waals surface area contributed by atoms with Crippen molar-refractivity contribution in [3.8, 4) is 11.4 Å². The number of nitro benzene ring substituents is 1. The number of hydrogen-bond acceptors (Lipinski definition) is 5. The van der Waals surface area contributed by atoms with Crippen molar-refractivity contribution >= 4 is 30.2 Å². The first-order valence-corrected chi connectivity index (χ1v) is 8.16. The van der Waals surface area contributed by atoms with Crippen LogP contribution in [0.2, 0.25) is 0 Å². The van der Waals surface area contributed by atoms with Gasteiger partial charge >= 0.3 is 0 Å². The first kappa shape index (κ1) is 17.4. The highest BCUT2D eigenvalue weighted by Crippen LogP contribution is 2.19. The van der Waals surface area contributed by atoms with Crippen LogP contribution in [0.3, 0.4) is 0 Å². The molecule has 0 unspecified atom stereocenters. The van der Waals surface area contributed by atoms with Crippen LogP contribution in [0.25, 0.3) is 17.5 Å². The van der Waals surface area contributed by atoms with E-state index in [0.29, 0.717) is 16.2 Å². The van der Waals surface area contributed by atoms with Crippen LogP contribution in [0, 0.1) is 21.8 Å². The third-order valence-electron chi connectivity index (χ3n) is 3.60. The summed E-state index contributed by atoms with van der Waals surface area (Å²) < 4.78 is 1.87. The van der Waals surface area contributed by atoms with E-state index in [2.05, 4.69) is 15.3 Å². The summed E-state index contributed by atoms with van der Waals surface area (Å²) >= 11 is 5.22. The van der Waals surface area contributed by atoms with Gasteiger partial charge in [0.2, 0.25) is 4.77 Å². The third kappa shape index (κ3) is 3.81. The molecule has 0 aliphatic carbocycles. The first-order chi connectivity index (χ1) is 12.6. The van der Waals surface area contributed by atoms with Crippen molar-refractivity contribution in [1.82, 2.24) is 14.9 Å². The number of nitro groups is 1. The van der Waals surface area contributed by atoms with Gasteiger partial charge in [0.15, 0.2) is 5.82 Å². The molecule has 7 nitrogen and oxygen atoms in total. The predicted molar refractivity (Wildman–Crippen MR) is 104 cm³/mol. The van der Waals surface area contributed by atoms with Crippen molar-refractivity contribution in [2.45, 2.75) is 6.92 Å². The van der Waals surface area contributed by atoms with E-state index in [0.717, 1.165) is 11.1 Å². The third-order valence-corrected chi connectivity index (χ3v) is 3.87. The smallest absolute Gasteiger partial charge is 0.258 e. The molecule has 3 aromatic rings. The average molecular weight is 365 g/mol. The number of aryl methyl sites for hydroxylation is 1. The second-order valence-corrected chi connectivity index (χ2v) is 5.86. The second kappa shape index (κ2) is 7.66. The molecule has 8 heteroatoms. The lowest BCUT2D eigenvalue weighted by molar-refractivity contribution is -0.385. The molecule has 0 atom stereocenters. The average Bonchev–Trinajstić information content (AvgIpc) is 2.99. The summed E-state index contributed by atoms with van der Waals surface area (Å²) in [6.07, 6.45) is 4.76. The van der Waals surface area contributed by atoms with Crippen LogP contribution in [0.4, 0.5) is 5.69 Å². The molecule has 1 aromatic heterocycles. The van der Waals surface area contributed by atoms with Crippen LogP contribution in [0.5, 0.6) is 0 Å². The number of aromatic nitrogens is 3. The van der Waals surface area contributed by atoms with Gasteiger partial charge in [0.1, 0.15) is 0 Å². The highest BCUT2D eigenvalue weighted by molar-refractivity contribution is 7.71. The van der Waals surface area contributed by atoms with Gasteiger partial charge in [-0.25, -0.2) is 5.10 Å². The lowest BCUT2D eigenvalue weighted by Gasteiger charge is -2.01. The highest BCUT2D eigenvalue weighted by Gasteiger charge is 2.09. The number of hydrogen-bond donors (Lipinski definition) is 1. The van der Waals surface area contributed by atoms with E-state index >= 15 is 0 Å². The fraction of sp³-hybridized carbons (Fsp3) is 0.0556. The second-order valence-electron chi connectivity index (χ2n) is 5.47. The van der Waals surface area contributed by atoms with E-state index in [1.54, 1.807) is 30.4 Å². The van der Waals surface area contributed by atoms with E-state index in [-0.39, 0.29) is 5.69 Å². The van der Waals surface area contributed by atoms with Crippen LogP contribution in [0.1, 0.15) is 11.1 Å². The van der Waals surface area contributed by atoms with Gasteiger partial charge in [-0.2, -0.15) is 14.9 Å². The van der Waals surface area contributed by atoms with Gasteiger partial charge < -0.3 is 0 Å². The molecule has 1 heterocycles. The summed E-state index contributed by atoms with van der Waals surface area (Å²) in [6, 6.07) is 14.3. The molecule has 26 heavy (non-hydrogen) atoms. The van der Waals surface area contributed by atoms with Crippen molar-refractivity contribution in [3.63, 3.8) is 0 Å². The summed E-state index contributed by atoms with van der Waals surface area (Å²) in [6.45, 7) is 1.99. The largest absolute Gasteiger partial charge is 0.276 e. The SMILES string of the molecule is Cc1cccc(-c2n[nH]c(=S)n2/N=C/C=C/c2ccccc2[N+](=O)[O-])c1. The maximum Gasteiger partial charge on any atom is 0.276 e. The van der Waals surface area contributed by atoms with Gasteiger partial charge in [-0.15, -0.1) is 0 Å². The molecule has 2 aromatic carbocycles. The van der Waals surface area contributed by atoms with E-state index in [4.69, 9.17) is 12.2 Å². The molecule has 130 valence electrons. The van der Waals surface area contributed by atoms with Gasteiger partial charge in [-0.05, 0) is 43.4 Å². The van der Waals surface area contributed by atoms with Crippen LogP contribution in [-0.2, 0) is 0 Å². The van der Waals surface area contributed by atoms with Crippen LogP contribution in [0.15, 0.2) is 59.7 Å². The summed E-state index contributed by atoms with van der Waals surface area (Å²) in [7, 11) is 0. The number of rotatable bonds is 5. The fourth-order valence-corrected chi connectivity index (χ4v) is 2.60. The van der Waals surface area contributed by atoms with Gasteiger partial charge in [0.05, 0.1) is 10.5 Å². The maximum atomic E-state index is 11.0. The van der Waals surface area contributed by atoms with Crippen molar-refractivity contribution in [2.75, 3.05) is 0 Å². The summed E-state index contributed by atoms with van der Waals surface area (Å²) in [5.74, 6) is 0.592. The Morgan fingerprint density at radius 2 is 2.08 bits per heavy atom. The Morgan fingerprint density at radius 1 is 1.27 bits per heavy atom. The van der Waals surface area contributed by atoms with E-state index in [1.165, 1.54) is 17.0 Å². The van der Waals surface area contributed by atoms with Gasteiger partial charge in [0, 0.05) is 17.8 Å². The summed E-state index contributed by atoms with van der Waals surface area (Å²) in [5, 5.41) is 22.3. The minimum Gasteiger partial charge on any atom is -0.258 e. The van der Waals surface area contributed by atoms with E-state index in [9.17, 15) is 10.1 Å². The Balaban J connectivity index is 1.88. The Hall–Kier alpha value is -3.39. The summed E-state index contributed by atoms with van der Waals surface area (Å²) in [5.41, 5.74) is 2.52. The molecular formula is C18H15N5O2S. The molecule has 0 saturated heterocycles. The number of benzene rings is 2. The van der Waals surface area contributed by atoms with E-state index in [1.807, 2.05) is 31.2 Å². The number of allylic oxidation sites excluding steroid dienone is 1. The molecular weight excluding hydrogens is 350 g/mol. The lowest BCUT2D eigenvalue weighted by atomic mass is 10.1. The number of H-pyrrole nitrogens is 1. The summed E-state index contributed by atoms with van der Waals surface area (Å²) in [4.78, 5) is 10.6. The Morgan fingerprint density at radius 3 is 2.85 bits per heavy atom. The molecule has 0 aliphatic heterocycles. The van der Waals surface area contributed by atoms with Crippen molar-refractivity contribution in [1.29, 1.82) is 0 Å². The van der Waals surface area contributed by atoms with Gasteiger partial charge in [-0.1, -0.05) is 35.9 Å². The molecule has 0 amide bonds. The van der Waals surface area contributed by atoms with E-state index < -0.39 is 4.92 Å². The van der Waals surface area contributed by atoms with Crippen molar-refractivity contribution in [2.24, 2.45) is 5.10 Å². The normalized spacial score (nSPS) is 11.4. The van der Waals surface area contributed by atoms with Crippen LogP contribution >= 0.6 is 12.2 Å². The Kier molecular flexibility index (Phi) is 5.14. The minimum absolute atomic E-state index is 0.0394. The molecule has 1 N–H and O–H groups in total. The van der Waals surface area contributed by atoms with Crippen LogP contribution in [-0.4, -0.2) is 26.0 Å². The predicted octanol–water partition coefficient (Wildman–Crippen LogP) is 4.37. The van der Waals surface area contributed by atoms with Crippen molar-refractivity contribution < 1.29 is 4.92 Å². The number of aromatic amines is 1. The minimum atomic E-state index is -0.418. The molecule has 0 radical (unpaired) electrons. The quantitative estimate of drug-likeness (QED) is 0.315. The van der Waals surface area contributed by atoms with Crippen molar-refractivity contribution in [3.05, 3.63) is 80.6 Å². The zero-order valence-electron chi connectivity index (χ0n) is 13.9. The number of nitrogens with zero attached hydrogens (tertiary/aromatic N) is 4. The van der Waals surface area contributed by atoms with Gasteiger partial charge in [-0.3, -0.25) is 10.1 Å². The molecule has 0 fully saturated rings. The monoisotopic (exact) mass is 365 g/mol. The Bertz CT molecular complexity index is 1070. The molecule has 0 spiro atoms. The fourth-order valence-electron chi connectivity index (χ4n) is 2.42. The standard InChI is InChI=1S/C18H15N5O2S/c1-13-6-4-8-15(12-13)17-20-21-18(26)22(17)19-11-5-9-14-7-2-3-10-16(14)23(24)25/h2-12H,1H3,(H,21,26)/b9-5+,19-11+. The Labute approximate surface area is 154 Å². The van der Waals surface area contributed by atoms with Gasteiger partial charge in [0.25, 0.3) is 5.69 Å². The molecule has 3 rings (SSSR count). The molecule has 0 saturated carbocycles. The van der Waals surface area contributed by atoms with Crippen LogP contribution < -0.4 is 0 Å². The molecule has 0 bridgehead atoms. The molecule has 0 aliphatic rings.